The van der Waals surface area contributed by atoms with Crippen LogP contribution in [-0.4, -0.2) is 39.3 Å². The zero-order valence-electron chi connectivity index (χ0n) is 15.4. The number of Topliss-reactive ketones (excluding diaryl/α,β-unsaturated/α-hetero) is 1. The summed E-state index contributed by atoms with van der Waals surface area (Å²) in [6.45, 7) is 2.13. The van der Waals surface area contributed by atoms with Gasteiger partial charge in [-0.25, -0.2) is 0 Å². The zero-order chi connectivity index (χ0) is 18.7. The van der Waals surface area contributed by atoms with Gasteiger partial charge in [0.1, 0.15) is 5.78 Å². The van der Waals surface area contributed by atoms with Crippen LogP contribution in [-0.2, 0) is 9.59 Å². The van der Waals surface area contributed by atoms with Crippen molar-refractivity contribution in [2.24, 2.45) is 11.8 Å². The van der Waals surface area contributed by atoms with Crippen LogP contribution in [0.4, 0.5) is 0 Å². The van der Waals surface area contributed by atoms with Gasteiger partial charge in [-0.1, -0.05) is 57.6 Å². The first-order valence-electron chi connectivity index (χ1n) is 9.74. The Balaban J connectivity index is 2.33. The molecule has 0 radical (unpaired) electrons. The van der Waals surface area contributed by atoms with E-state index in [1.807, 2.05) is 0 Å². The molecule has 0 aromatic carbocycles. The van der Waals surface area contributed by atoms with E-state index in [4.69, 9.17) is 5.11 Å². The van der Waals surface area contributed by atoms with Gasteiger partial charge in [-0.2, -0.15) is 0 Å². The Morgan fingerprint density at radius 3 is 2.60 bits per heavy atom. The number of carbonyl (C=O) groups is 2. The predicted octanol–water partition coefficient (Wildman–Crippen LogP) is 3.48. The maximum absolute atomic E-state index is 12.1. The minimum atomic E-state index is -0.764. The largest absolute Gasteiger partial charge is 0.481 e. The van der Waals surface area contributed by atoms with Crippen molar-refractivity contribution in [3.63, 3.8) is 0 Å². The van der Waals surface area contributed by atoms with Crippen LogP contribution in [0.1, 0.15) is 77.6 Å². The molecule has 0 saturated heterocycles. The number of aliphatic carboxylic acids is 1. The number of carboxylic acids is 1. The van der Waals surface area contributed by atoms with Crippen LogP contribution in [0.15, 0.2) is 12.2 Å². The summed E-state index contributed by atoms with van der Waals surface area (Å²) in [4.78, 5) is 22.5. The fourth-order valence-corrected chi connectivity index (χ4v) is 3.55. The van der Waals surface area contributed by atoms with Crippen molar-refractivity contribution >= 4 is 11.8 Å². The summed E-state index contributed by atoms with van der Waals surface area (Å²) in [6.07, 6.45) is 10.8. The molecule has 0 bridgehead atoms. The highest BCUT2D eigenvalue weighted by Gasteiger charge is 2.39. The second kappa shape index (κ2) is 12.2. The van der Waals surface area contributed by atoms with Gasteiger partial charge in [0.2, 0.25) is 0 Å². The summed E-state index contributed by atoms with van der Waals surface area (Å²) in [5.74, 6) is -0.971. The number of aliphatic hydroxyl groups is 2. The van der Waals surface area contributed by atoms with E-state index in [1.165, 1.54) is 0 Å². The topological polar surface area (TPSA) is 94.8 Å². The molecule has 0 amide bonds. The summed E-state index contributed by atoms with van der Waals surface area (Å²) < 4.78 is 0. The van der Waals surface area contributed by atoms with E-state index in [9.17, 15) is 19.8 Å². The highest BCUT2D eigenvalue weighted by molar-refractivity contribution is 5.85. The Labute approximate surface area is 151 Å². The molecule has 0 heterocycles. The van der Waals surface area contributed by atoms with Gasteiger partial charge in [0, 0.05) is 18.8 Å². The lowest BCUT2D eigenvalue weighted by molar-refractivity contribution is -0.137. The molecule has 1 aliphatic carbocycles. The molecule has 5 heteroatoms. The number of unbranched alkanes of at least 4 members (excludes halogenated alkanes) is 5. The minimum absolute atomic E-state index is 0.0153. The first-order chi connectivity index (χ1) is 12.0. The molecular formula is C20H34O5. The van der Waals surface area contributed by atoms with Gasteiger partial charge >= 0.3 is 5.97 Å². The molecule has 4 atom stereocenters. The van der Waals surface area contributed by atoms with E-state index in [-0.39, 0.29) is 30.5 Å². The van der Waals surface area contributed by atoms with Crippen molar-refractivity contribution in [1.82, 2.24) is 0 Å². The van der Waals surface area contributed by atoms with E-state index in [1.54, 1.807) is 12.2 Å². The number of rotatable bonds is 13. The summed E-state index contributed by atoms with van der Waals surface area (Å²) >= 11 is 0. The van der Waals surface area contributed by atoms with E-state index >= 15 is 0 Å². The smallest absolute Gasteiger partial charge is 0.303 e. The van der Waals surface area contributed by atoms with Gasteiger partial charge in [0.05, 0.1) is 12.2 Å². The van der Waals surface area contributed by atoms with Crippen LogP contribution in [0.5, 0.6) is 0 Å². The molecule has 5 nitrogen and oxygen atoms in total. The lowest BCUT2D eigenvalue weighted by atomic mass is 9.88. The molecule has 0 aromatic heterocycles. The quantitative estimate of drug-likeness (QED) is 0.348. The Morgan fingerprint density at radius 2 is 1.92 bits per heavy atom. The molecule has 1 fully saturated rings. The number of hydrogen-bond donors (Lipinski definition) is 3. The van der Waals surface area contributed by atoms with Gasteiger partial charge in [-0.15, -0.1) is 0 Å². The number of hydrogen-bond acceptors (Lipinski definition) is 4. The van der Waals surface area contributed by atoms with Gasteiger partial charge in [-0.05, 0) is 25.2 Å². The monoisotopic (exact) mass is 354 g/mol. The van der Waals surface area contributed by atoms with E-state index < -0.39 is 18.2 Å². The molecule has 0 aliphatic heterocycles. The van der Waals surface area contributed by atoms with Crippen LogP contribution in [0.25, 0.3) is 0 Å². The van der Waals surface area contributed by atoms with Crippen molar-refractivity contribution in [2.75, 3.05) is 0 Å². The lowest BCUT2D eigenvalue weighted by Crippen LogP contribution is -2.19. The van der Waals surface area contributed by atoms with Gasteiger partial charge in [0.15, 0.2) is 0 Å². The molecule has 0 spiro atoms. The van der Waals surface area contributed by atoms with Gasteiger partial charge in [-0.3, -0.25) is 9.59 Å². The second-order valence-corrected chi connectivity index (χ2v) is 7.22. The third-order valence-corrected chi connectivity index (χ3v) is 5.06. The van der Waals surface area contributed by atoms with Crippen LogP contribution in [0.3, 0.4) is 0 Å². The summed E-state index contributed by atoms with van der Waals surface area (Å²) in [7, 11) is 0. The molecule has 3 N–H and O–H groups in total. The summed E-state index contributed by atoms with van der Waals surface area (Å²) in [5, 5.41) is 28.7. The van der Waals surface area contributed by atoms with Gasteiger partial charge < -0.3 is 15.3 Å². The van der Waals surface area contributed by atoms with Crippen molar-refractivity contribution in [1.29, 1.82) is 0 Å². The predicted molar refractivity (Wildman–Crippen MR) is 97.2 cm³/mol. The normalized spacial score (nSPS) is 24.9. The van der Waals surface area contributed by atoms with Crippen molar-refractivity contribution in [2.45, 2.75) is 89.8 Å². The third-order valence-electron chi connectivity index (χ3n) is 5.06. The highest BCUT2D eigenvalue weighted by atomic mass is 16.4. The van der Waals surface area contributed by atoms with Crippen LogP contribution < -0.4 is 0 Å². The maximum atomic E-state index is 12.1. The average Bonchev–Trinajstić information content (AvgIpc) is 2.82. The molecule has 144 valence electrons. The lowest BCUT2D eigenvalue weighted by Gasteiger charge is -2.18. The fourth-order valence-electron chi connectivity index (χ4n) is 3.55. The first-order valence-corrected chi connectivity index (χ1v) is 9.74. The Kier molecular flexibility index (Phi) is 10.7. The molecular weight excluding hydrogens is 320 g/mol. The molecule has 1 saturated carbocycles. The zero-order valence-corrected chi connectivity index (χ0v) is 15.4. The highest BCUT2D eigenvalue weighted by Crippen LogP contribution is 2.34. The van der Waals surface area contributed by atoms with E-state index in [0.717, 1.165) is 44.9 Å². The molecule has 0 unspecified atom stereocenters. The van der Waals surface area contributed by atoms with Gasteiger partial charge in [0.25, 0.3) is 0 Å². The Hall–Kier alpha value is -1.20. The molecule has 1 rings (SSSR count). The number of carboxylic acid groups (broad SMARTS) is 1. The average molecular weight is 354 g/mol. The second-order valence-electron chi connectivity index (χ2n) is 7.22. The van der Waals surface area contributed by atoms with E-state index in [0.29, 0.717) is 12.8 Å². The van der Waals surface area contributed by atoms with Crippen LogP contribution in [0, 0.1) is 11.8 Å². The number of allylic oxidation sites excluding steroid dienone is 1. The fraction of sp³-hybridized carbons (Fsp3) is 0.800. The third kappa shape index (κ3) is 8.63. The number of aliphatic hydroxyl groups excluding tert-OH is 2. The maximum Gasteiger partial charge on any atom is 0.303 e. The minimum Gasteiger partial charge on any atom is -0.481 e. The summed E-state index contributed by atoms with van der Waals surface area (Å²) in [6, 6.07) is 0. The number of ketones is 1. The first kappa shape index (κ1) is 21.8. The molecule has 1 aliphatic rings. The number of carbonyl (C=O) groups excluding carboxylic acids is 1. The van der Waals surface area contributed by atoms with Crippen LogP contribution in [0.2, 0.25) is 0 Å². The Morgan fingerprint density at radius 1 is 1.20 bits per heavy atom. The standard InChI is InChI=1S/C20H34O5/c1-2-3-6-10-16-17(19(23)14-18(16)22)13-12-15(21)9-7-4-5-8-11-20(24)25/h12-13,15-18,21-22H,2-11,14H2,1H3,(H,24,25)/b13-12+/t15-,16-,17+,18+/m1/s1. The molecule has 25 heavy (non-hydrogen) atoms. The van der Waals surface area contributed by atoms with Crippen molar-refractivity contribution in [3.05, 3.63) is 12.2 Å². The van der Waals surface area contributed by atoms with Crippen molar-refractivity contribution < 1.29 is 24.9 Å². The van der Waals surface area contributed by atoms with E-state index in [2.05, 4.69) is 6.92 Å². The SMILES string of the molecule is CCCCC[C@@H]1[C@H](/C=C/[C@H](O)CCCCCCC(=O)O)C(=O)C[C@@H]1O. The Bertz CT molecular complexity index is 432. The van der Waals surface area contributed by atoms with Crippen LogP contribution >= 0.6 is 0 Å². The van der Waals surface area contributed by atoms with Crippen molar-refractivity contribution in [3.8, 4) is 0 Å². The summed E-state index contributed by atoms with van der Waals surface area (Å²) in [5.41, 5.74) is 0. The molecule has 0 aromatic rings.